The van der Waals surface area contributed by atoms with Crippen molar-refractivity contribution < 1.29 is 0 Å². The Morgan fingerprint density at radius 1 is 1.29 bits per heavy atom. The van der Waals surface area contributed by atoms with Crippen molar-refractivity contribution in [3.8, 4) is 0 Å². The third-order valence-electron chi connectivity index (χ3n) is 3.24. The summed E-state index contributed by atoms with van der Waals surface area (Å²) in [5, 5.41) is 8.42. The van der Waals surface area contributed by atoms with Crippen LogP contribution in [0.3, 0.4) is 0 Å². The standard InChI is InChI=1S/C15H21ClN4S/c1-11(2)20-15(18-10-19-20)8-13(17-3)9-21-14-6-4-12(16)5-7-14/h4-7,10-11,13,17H,8-9H2,1-3H3. The summed E-state index contributed by atoms with van der Waals surface area (Å²) in [7, 11) is 1.99. The van der Waals surface area contributed by atoms with Crippen molar-refractivity contribution in [2.45, 2.75) is 37.2 Å². The number of hydrogen-bond donors (Lipinski definition) is 1. The number of aromatic nitrogens is 3. The van der Waals surface area contributed by atoms with E-state index in [2.05, 4.69) is 41.4 Å². The summed E-state index contributed by atoms with van der Waals surface area (Å²) < 4.78 is 1.98. The van der Waals surface area contributed by atoms with Crippen LogP contribution < -0.4 is 5.32 Å². The fourth-order valence-electron chi connectivity index (χ4n) is 2.04. The van der Waals surface area contributed by atoms with Crippen molar-refractivity contribution in [1.29, 1.82) is 0 Å². The first-order valence-corrected chi connectivity index (χ1v) is 8.40. The third kappa shape index (κ3) is 4.73. The second kappa shape index (κ2) is 7.82. The maximum Gasteiger partial charge on any atom is 0.138 e. The summed E-state index contributed by atoms with van der Waals surface area (Å²) in [6.07, 6.45) is 2.50. The zero-order valence-corrected chi connectivity index (χ0v) is 14.2. The van der Waals surface area contributed by atoms with Gasteiger partial charge >= 0.3 is 0 Å². The summed E-state index contributed by atoms with van der Waals surface area (Å²) in [6.45, 7) is 4.24. The fourth-order valence-corrected chi connectivity index (χ4v) is 3.18. The first kappa shape index (κ1) is 16.3. The largest absolute Gasteiger partial charge is 0.316 e. The summed E-state index contributed by atoms with van der Waals surface area (Å²) in [5.74, 6) is 2.00. The van der Waals surface area contributed by atoms with Gasteiger partial charge in [-0.05, 0) is 45.2 Å². The van der Waals surface area contributed by atoms with Gasteiger partial charge in [-0.25, -0.2) is 9.67 Å². The highest BCUT2D eigenvalue weighted by Crippen LogP contribution is 2.21. The monoisotopic (exact) mass is 324 g/mol. The lowest BCUT2D eigenvalue weighted by Gasteiger charge is -2.17. The molecule has 0 aliphatic carbocycles. The van der Waals surface area contributed by atoms with Gasteiger partial charge in [-0.15, -0.1) is 11.8 Å². The van der Waals surface area contributed by atoms with Crippen molar-refractivity contribution in [3.05, 3.63) is 41.4 Å². The van der Waals surface area contributed by atoms with Crippen molar-refractivity contribution in [2.24, 2.45) is 0 Å². The van der Waals surface area contributed by atoms with E-state index in [0.29, 0.717) is 12.1 Å². The molecule has 1 heterocycles. The lowest BCUT2D eigenvalue weighted by Crippen LogP contribution is -2.31. The Balaban J connectivity index is 1.94. The molecule has 4 nitrogen and oxygen atoms in total. The molecule has 114 valence electrons. The molecule has 21 heavy (non-hydrogen) atoms. The molecule has 1 atom stereocenters. The Morgan fingerprint density at radius 3 is 2.62 bits per heavy atom. The Labute approximate surface area is 135 Å². The molecule has 1 unspecified atom stereocenters. The number of likely N-dealkylation sites (N-methyl/N-ethyl adjacent to an activating group) is 1. The zero-order chi connectivity index (χ0) is 15.2. The molecule has 6 heteroatoms. The predicted octanol–water partition coefficient (Wildman–Crippen LogP) is 3.44. The van der Waals surface area contributed by atoms with Crippen LogP contribution in [-0.4, -0.2) is 33.6 Å². The van der Waals surface area contributed by atoms with Gasteiger partial charge in [0, 0.05) is 34.2 Å². The van der Waals surface area contributed by atoms with Crippen LogP contribution in [0.5, 0.6) is 0 Å². The highest BCUT2D eigenvalue weighted by atomic mass is 35.5. The van der Waals surface area contributed by atoms with Crippen LogP contribution in [0.2, 0.25) is 5.02 Å². The molecule has 2 aromatic rings. The van der Waals surface area contributed by atoms with Gasteiger partial charge in [0.1, 0.15) is 12.2 Å². The molecule has 0 amide bonds. The van der Waals surface area contributed by atoms with Gasteiger partial charge in [0.05, 0.1) is 0 Å². The summed E-state index contributed by atoms with van der Waals surface area (Å²) in [5.41, 5.74) is 0. The first-order chi connectivity index (χ1) is 10.1. The third-order valence-corrected chi connectivity index (χ3v) is 4.66. The van der Waals surface area contributed by atoms with Crippen molar-refractivity contribution >= 4 is 23.4 Å². The van der Waals surface area contributed by atoms with Gasteiger partial charge in [-0.1, -0.05) is 11.6 Å². The number of nitrogens with zero attached hydrogens (tertiary/aromatic N) is 3. The molecule has 0 aliphatic heterocycles. The Hall–Kier alpha value is -1.04. The number of hydrogen-bond acceptors (Lipinski definition) is 4. The normalized spacial score (nSPS) is 12.8. The lowest BCUT2D eigenvalue weighted by molar-refractivity contribution is 0.484. The number of rotatable bonds is 7. The van der Waals surface area contributed by atoms with Gasteiger partial charge in [-0.3, -0.25) is 0 Å². The molecular formula is C15H21ClN4S. The van der Waals surface area contributed by atoms with Crippen LogP contribution in [0.1, 0.15) is 25.7 Å². The molecule has 0 spiro atoms. The Bertz CT molecular complexity index is 553. The van der Waals surface area contributed by atoms with Crippen LogP contribution in [0.4, 0.5) is 0 Å². The van der Waals surface area contributed by atoms with E-state index in [1.165, 1.54) is 4.90 Å². The van der Waals surface area contributed by atoms with Crippen LogP contribution in [-0.2, 0) is 6.42 Å². The van der Waals surface area contributed by atoms with E-state index in [4.69, 9.17) is 11.6 Å². The molecular weight excluding hydrogens is 304 g/mol. The van der Waals surface area contributed by atoms with Gasteiger partial charge in [0.25, 0.3) is 0 Å². The molecule has 0 radical (unpaired) electrons. The maximum atomic E-state index is 5.90. The highest BCUT2D eigenvalue weighted by molar-refractivity contribution is 7.99. The average Bonchev–Trinajstić information content (AvgIpc) is 2.93. The van der Waals surface area contributed by atoms with E-state index in [1.54, 1.807) is 6.33 Å². The molecule has 0 saturated heterocycles. The molecule has 0 saturated carbocycles. The topological polar surface area (TPSA) is 42.7 Å². The molecule has 1 aromatic heterocycles. The molecule has 0 bridgehead atoms. The minimum atomic E-state index is 0.337. The highest BCUT2D eigenvalue weighted by Gasteiger charge is 2.14. The fraction of sp³-hybridized carbons (Fsp3) is 0.467. The van der Waals surface area contributed by atoms with Crippen molar-refractivity contribution in [2.75, 3.05) is 12.8 Å². The average molecular weight is 325 g/mol. The van der Waals surface area contributed by atoms with E-state index in [0.717, 1.165) is 23.0 Å². The minimum absolute atomic E-state index is 0.337. The van der Waals surface area contributed by atoms with Gasteiger partial charge < -0.3 is 5.32 Å². The summed E-state index contributed by atoms with van der Waals surface area (Å²) in [6, 6.07) is 8.64. The first-order valence-electron chi connectivity index (χ1n) is 7.04. The molecule has 1 N–H and O–H groups in total. The van der Waals surface area contributed by atoms with E-state index in [1.807, 2.05) is 35.6 Å². The van der Waals surface area contributed by atoms with Crippen LogP contribution in [0.25, 0.3) is 0 Å². The second-order valence-electron chi connectivity index (χ2n) is 5.17. The van der Waals surface area contributed by atoms with Gasteiger partial charge in [0.15, 0.2) is 0 Å². The smallest absolute Gasteiger partial charge is 0.138 e. The molecule has 0 fully saturated rings. The second-order valence-corrected chi connectivity index (χ2v) is 6.70. The quantitative estimate of drug-likeness (QED) is 0.792. The van der Waals surface area contributed by atoms with Crippen LogP contribution >= 0.6 is 23.4 Å². The van der Waals surface area contributed by atoms with Crippen LogP contribution in [0.15, 0.2) is 35.5 Å². The van der Waals surface area contributed by atoms with E-state index >= 15 is 0 Å². The number of halogens is 1. The van der Waals surface area contributed by atoms with E-state index in [-0.39, 0.29) is 0 Å². The van der Waals surface area contributed by atoms with E-state index in [9.17, 15) is 0 Å². The number of nitrogens with one attached hydrogen (secondary N) is 1. The number of thioether (sulfide) groups is 1. The Kier molecular flexibility index (Phi) is 6.08. The van der Waals surface area contributed by atoms with Crippen molar-refractivity contribution in [1.82, 2.24) is 20.1 Å². The van der Waals surface area contributed by atoms with Crippen molar-refractivity contribution in [3.63, 3.8) is 0 Å². The predicted molar refractivity (Wildman–Crippen MR) is 89.1 cm³/mol. The zero-order valence-electron chi connectivity index (χ0n) is 12.6. The maximum absolute atomic E-state index is 5.90. The van der Waals surface area contributed by atoms with Gasteiger partial charge in [0.2, 0.25) is 0 Å². The Morgan fingerprint density at radius 2 is 2.00 bits per heavy atom. The van der Waals surface area contributed by atoms with Crippen LogP contribution in [0, 0.1) is 0 Å². The summed E-state index contributed by atoms with van der Waals surface area (Å²) in [4.78, 5) is 5.60. The molecule has 1 aromatic carbocycles. The van der Waals surface area contributed by atoms with Gasteiger partial charge in [-0.2, -0.15) is 5.10 Å². The minimum Gasteiger partial charge on any atom is -0.316 e. The SMILES string of the molecule is CNC(CSc1ccc(Cl)cc1)Cc1ncnn1C(C)C. The molecule has 0 aliphatic rings. The summed E-state index contributed by atoms with van der Waals surface area (Å²) >= 11 is 7.72. The number of benzene rings is 1. The van der Waals surface area contributed by atoms with E-state index < -0.39 is 0 Å². The molecule has 2 rings (SSSR count). The lowest BCUT2D eigenvalue weighted by atomic mass is 10.2.